The molecule has 1 saturated carbocycles. The van der Waals surface area contributed by atoms with Crippen LogP contribution in [0.5, 0.6) is 5.75 Å². The summed E-state index contributed by atoms with van der Waals surface area (Å²) in [6.45, 7) is 3.03. The maximum Gasteiger partial charge on any atom is 0.152 e. The Balaban J connectivity index is 1.80. The summed E-state index contributed by atoms with van der Waals surface area (Å²) < 4.78 is 5.76. The van der Waals surface area contributed by atoms with Crippen molar-refractivity contribution in [3.63, 3.8) is 0 Å². The predicted molar refractivity (Wildman–Crippen MR) is 79.9 cm³/mol. The summed E-state index contributed by atoms with van der Waals surface area (Å²) in [7, 11) is 0. The lowest BCUT2D eigenvalue weighted by Gasteiger charge is -2.10. The minimum atomic E-state index is 0.430. The van der Waals surface area contributed by atoms with Gasteiger partial charge in [-0.25, -0.2) is 4.98 Å². The third-order valence-electron chi connectivity index (χ3n) is 3.20. The van der Waals surface area contributed by atoms with Crippen LogP contribution in [0.4, 0.5) is 5.82 Å². The molecule has 4 heteroatoms. The summed E-state index contributed by atoms with van der Waals surface area (Å²) in [5.74, 6) is 1.77. The number of ether oxygens (including phenoxy) is 1. The quantitative estimate of drug-likeness (QED) is 0.871. The summed E-state index contributed by atoms with van der Waals surface area (Å²) in [6.07, 6.45) is 7.28. The molecule has 1 aliphatic carbocycles. The van der Waals surface area contributed by atoms with Gasteiger partial charge in [0.2, 0.25) is 0 Å². The Morgan fingerprint density at radius 1 is 1.15 bits per heavy atom. The Morgan fingerprint density at radius 3 is 2.60 bits per heavy atom. The van der Waals surface area contributed by atoms with Gasteiger partial charge in [0, 0.05) is 24.5 Å². The molecule has 1 N–H and O–H groups in total. The van der Waals surface area contributed by atoms with Crippen molar-refractivity contribution in [2.45, 2.75) is 32.3 Å². The van der Waals surface area contributed by atoms with Gasteiger partial charge in [-0.3, -0.25) is 4.98 Å². The third kappa shape index (κ3) is 3.07. The molecule has 104 valence electrons. The number of rotatable bonds is 6. The van der Waals surface area contributed by atoms with E-state index in [2.05, 4.69) is 22.2 Å². The highest BCUT2D eigenvalue weighted by molar-refractivity contribution is 5.71. The number of benzene rings is 1. The Hall–Kier alpha value is -2.10. The lowest BCUT2D eigenvalue weighted by molar-refractivity contribution is 0.303. The van der Waals surface area contributed by atoms with Gasteiger partial charge in [0.1, 0.15) is 11.4 Å². The third-order valence-corrected chi connectivity index (χ3v) is 3.20. The highest BCUT2D eigenvalue weighted by Gasteiger charge is 2.23. The topological polar surface area (TPSA) is 47.0 Å². The zero-order valence-electron chi connectivity index (χ0n) is 11.7. The van der Waals surface area contributed by atoms with Gasteiger partial charge in [0.15, 0.2) is 5.82 Å². The fourth-order valence-electron chi connectivity index (χ4n) is 1.99. The second kappa shape index (κ2) is 5.90. The first kappa shape index (κ1) is 12.9. The van der Waals surface area contributed by atoms with Crippen molar-refractivity contribution in [2.75, 3.05) is 11.9 Å². The molecule has 20 heavy (non-hydrogen) atoms. The minimum Gasteiger partial charge on any atom is -0.490 e. The van der Waals surface area contributed by atoms with Crippen molar-refractivity contribution in [1.29, 1.82) is 0 Å². The lowest BCUT2D eigenvalue weighted by atomic mass is 10.1. The molecule has 0 bridgehead atoms. The second-order valence-electron chi connectivity index (χ2n) is 5.02. The van der Waals surface area contributed by atoms with Crippen LogP contribution < -0.4 is 10.1 Å². The summed E-state index contributed by atoms with van der Waals surface area (Å²) in [6, 6.07) is 8.09. The number of anilines is 1. The van der Waals surface area contributed by atoms with E-state index in [0.717, 1.165) is 35.8 Å². The van der Waals surface area contributed by atoms with Gasteiger partial charge in [0.05, 0.1) is 6.10 Å². The zero-order valence-corrected chi connectivity index (χ0v) is 11.7. The van der Waals surface area contributed by atoms with Crippen LogP contribution in [0.25, 0.3) is 11.3 Å². The van der Waals surface area contributed by atoms with Crippen molar-refractivity contribution in [3.05, 3.63) is 36.7 Å². The molecule has 3 rings (SSSR count). The number of nitrogens with one attached hydrogen (secondary N) is 1. The second-order valence-corrected chi connectivity index (χ2v) is 5.02. The van der Waals surface area contributed by atoms with Crippen LogP contribution in [-0.4, -0.2) is 22.6 Å². The van der Waals surface area contributed by atoms with E-state index < -0.39 is 0 Å². The highest BCUT2D eigenvalue weighted by atomic mass is 16.5. The average molecular weight is 269 g/mol. The fraction of sp³-hybridized carbons (Fsp3) is 0.375. The maximum absolute atomic E-state index is 5.76. The minimum absolute atomic E-state index is 0.430. The molecule has 1 aromatic heterocycles. The first-order chi connectivity index (χ1) is 9.86. The molecule has 1 aliphatic rings. The molecule has 0 atom stereocenters. The van der Waals surface area contributed by atoms with Crippen molar-refractivity contribution in [3.8, 4) is 17.0 Å². The van der Waals surface area contributed by atoms with E-state index in [1.54, 1.807) is 12.4 Å². The molecule has 0 aliphatic heterocycles. The smallest absolute Gasteiger partial charge is 0.152 e. The van der Waals surface area contributed by atoms with E-state index >= 15 is 0 Å². The number of hydrogen-bond acceptors (Lipinski definition) is 4. The normalized spacial score (nSPS) is 14.1. The van der Waals surface area contributed by atoms with Crippen LogP contribution in [0.1, 0.15) is 26.2 Å². The van der Waals surface area contributed by atoms with Crippen molar-refractivity contribution < 1.29 is 4.74 Å². The van der Waals surface area contributed by atoms with E-state index in [4.69, 9.17) is 4.74 Å². The largest absolute Gasteiger partial charge is 0.490 e. The Kier molecular flexibility index (Phi) is 3.81. The van der Waals surface area contributed by atoms with Crippen LogP contribution in [0.3, 0.4) is 0 Å². The summed E-state index contributed by atoms with van der Waals surface area (Å²) >= 11 is 0. The Bertz CT molecular complexity index is 564. The van der Waals surface area contributed by atoms with E-state index in [1.165, 1.54) is 12.8 Å². The Morgan fingerprint density at radius 2 is 1.90 bits per heavy atom. The van der Waals surface area contributed by atoms with Crippen LogP contribution >= 0.6 is 0 Å². The van der Waals surface area contributed by atoms with E-state index in [0.29, 0.717) is 6.10 Å². The Labute approximate surface area is 119 Å². The predicted octanol–water partition coefficient (Wildman–Crippen LogP) is 3.51. The monoisotopic (exact) mass is 269 g/mol. The molecule has 0 radical (unpaired) electrons. The first-order valence-electron chi connectivity index (χ1n) is 7.19. The summed E-state index contributed by atoms with van der Waals surface area (Å²) in [5, 5.41) is 3.31. The molecule has 2 aromatic rings. The van der Waals surface area contributed by atoms with E-state index in [9.17, 15) is 0 Å². The van der Waals surface area contributed by atoms with Gasteiger partial charge in [-0.2, -0.15) is 0 Å². The highest BCUT2D eigenvalue weighted by Crippen LogP contribution is 2.29. The SMILES string of the molecule is CCCNc1nccnc1-c1ccc(OC2CC2)cc1. The molecule has 0 amide bonds. The molecule has 1 fully saturated rings. The van der Waals surface area contributed by atoms with Crippen LogP contribution in [0.15, 0.2) is 36.7 Å². The molecular formula is C16H19N3O. The molecule has 1 aromatic carbocycles. The lowest BCUT2D eigenvalue weighted by Crippen LogP contribution is -2.04. The standard InChI is InChI=1S/C16H19N3O/c1-2-9-18-16-15(17-10-11-19-16)12-3-5-13(6-4-12)20-14-7-8-14/h3-6,10-11,14H,2,7-9H2,1H3,(H,18,19). The van der Waals surface area contributed by atoms with Gasteiger partial charge < -0.3 is 10.1 Å². The number of hydrogen-bond donors (Lipinski definition) is 1. The van der Waals surface area contributed by atoms with Gasteiger partial charge >= 0.3 is 0 Å². The summed E-state index contributed by atoms with van der Waals surface area (Å²) in [5.41, 5.74) is 1.94. The van der Waals surface area contributed by atoms with Crippen LogP contribution in [0, 0.1) is 0 Å². The van der Waals surface area contributed by atoms with Crippen LogP contribution in [0.2, 0.25) is 0 Å². The van der Waals surface area contributed by atoms with Gasteiger partial charge in [0.25, 0.3) is 0 Å². The van der Waals surface area contributed by atoms with Gasteiger partial charge in [-0.05, 0) is 43.5 Å². The molecule has 0 unspecified atom stereocenters. The van der Waals surface area contributed by atoms with E-state index in [1.807, 2.05) is 24.3 Å². The molecule has 4 nitrogen and oxygen atoms in total. The van der Waals surface area contributed by atoms with Gasteiger partial charge in [-0.15, -0.1) is 0 Å². The molecule has 1 heterocycles. The van der Waals surface area contributed by atoms with Gasteiger partial charge in [-0.1, -0.05) is 6.92 Å². The molecule has 0 spiro atoms. The average Bonchev–Trinajstić information content (AvgIpc) is 3.30. The maximum atomic E-state index is 5.76. The zero-order chi connectivity index (χ0) is 13.8. The number of nitrogens with zero attached hydrogens (tertiary/aromatic N) is 2. The van der Waals surface area contributed by atoms with E-state index in [-0.39, 0.29) is 0 Å². The van der Waals surface area contributed by atoms with Crippen molar-refractivity contribution >= 4 is 5.82 Å². The van der Waals surface area contributed by atoms with Crippen LogP contribution in [-0.2, 0) is 0 Å². The van der Waals surface area contributed by atoms with Crippen molar-refractivity contribution in [2.24, 2.45) is 0 Å². The molecular weight excluding hydrogens is 250 g/mol. The summed E-state index contributed by atoms with van der Waals surface area (Å²) in [4.78, 5) is 8.81. The first-order valence-corrected chi connectivity index (χ1v) is 7.19. The fourth-order valence-corrected chi connectivity index (χ4v) is 1.99. The van der Waals surface area contributed by atoms with Crippen molar-refractivity contribution in [1.82, 2.24) is 9.97 Å². The molecule has 0 saturated heterocycles. The number of aromatic nitrogens is 2.